The maximum absolute atomic E-state index is 12.8. The van der Waals surface area contributed by atoms with Gasteiger partial charge in [0.1, 0.15) is 11.8 Å². The summed E-state index contributed by atoms with van der Waals surface area (Å²) in [6, 6.07) is 6.32. The van der Waals surface area contributed by atoms with Gasteiger partial charge in [-0.05, 0) is 45.0 Å². The molecule has 2 N–H and O–H groups in total. The third-order valence-corrected chi connectivity index (χ3v) is 5.46. The Hall–Kier alpha value is -1.96. The van der Waals surface area contributed by atoms with Gasteiger partial charge in [-0.25, -0.2) is 0 Å². The first-order chi connectivity index (χ1) is 14.3. The van der Waals surface area contributed by atoms with Gasteiger partial charge in [-0.2, -0.15) is 0 Å². The number of likely N-dealkylation sites (N-methyl/N-ethyl adjacent to an activating group) is 1. The van der Waals surface area contributed by atoms with Crippen LogP contribution in [0.5, 0.6) is 0 Å². The van der Waals surface area contributed by atoms with Crippen LogP contribution in [-0.4, -0.2) is 73.2 Å². The van der Waals surface area contributed by atoms with Crippen molar-refractivity contribution in [2.45, 2.75) is 45.1 Å². The Morgan fingerprint density at radius 3 is 2.50 bits per heavy atom. The molecule has 1 saturated heterocycles. The quantitative estimate of drug-likeness (QED) is 0.521. The van der Waals surface area contributed by atoms with E-state index in [1.807, 2.05) is 0 Å². The Balaban J connectivity index is 1.90. The van der Waals surface area contributed by atoms with Crippen LogP contribution in [0.2, 0.25) is 5.02 Å². The lowest BCUT2D eigenvalue weighted by Crippen LogP contribution is -2.51. The van der Waals surface area contributed by atoms with Crippen molar-refractivity contribution in [3.8, 4) is 0 Å². The number of nitrogens with zero attached hydrogens (tertiary/aromatic N) is 2. The number of hydrogen-bond donors (Lipinski definition) is 2. The lowest BCUT2D eigenvalue weighted by Gasteiger charge is -2.32. The monoisotopic (exact) mass is 436 g/mol. The van der Waals surface area contributed by atoms with Crippen LogP contribution < -0.4 is 10.6 Å². The van der Waals surface area contributed by atoms with E-state index in [4.69, 9.17) is 11.6 Å². The summed E-state index contributed by atoms with van der Waals surface area (Å²) in [7, 11) is 2.07. The fourth-order valence-electron chi connectivity index (χ4n) is 3.41. The lowest BCUT2D eigenvalue weighted by atomic mass is 10.1. The number of ketones is 1. The van der Waals surface area contributed by atoms with Crippen LogP contribution in [0.15, 0.2) is 24.3 Å². The van der Waals surface area contributed by atoms with Crippen molar-refractivity contribution in [2.24, 2.45) is 0 Å². The van der Waals surface area contributed by atoms with E-state index in [-0.39, 0.29) is 17.6 Å². The molecule has 7 nitrogen and oxygen atoms in total. The van der Waals surface area contributed by atoms with Crippen molar-refractivity contribution in [1.29, 1.82) is 0 Å². The third kappa shape index (κ3) is 9.24. The summed E-state index contributed by atoms with van der Waals surface area (Å²) in [4.78, 5) is 40.8. The van der Waals surface area contributed by atoms with Gasteiger partial charge in [0.15, 0.2) is 0 Å². The van der Waals surface area contributed by atoms with Crippen LogP contribution in [0.25, 0.3) is 0 Å². The molecule has 2 rings (SSSR count). The first kappa shape index (κ1) is 24.3. The number of carbonyl (C=O) groups is 3. The molecule has 2 amide bonds. The molecule has 1 fully saturated rings. The molecule has 0 spiro atoms. The summed E-state index contributed by atoms with van der Waals surface area (Å²) in [5.41, 5.74) is 0.599. The molecule has 0 saturated carbocycles. The molecule has 1 aromatic rings. The Morgan fingerprint density at radius 2 is 1.83 bits per heavy atom. The summed E-state index contributed by atoms with van der Waals surface area (Å²) in [5.74, 6) is -0.226. The highest BCUT2D eigenvalue weighted by atomic mass is 35.5. The number of piperazine rings is 1. The summed E-state index contributed by atoms with van der Waals surface area (Å²) in [6.07, 6.45) is 3.48. The van der Waals surface area contributed by atoms with Crippen molar-refractivity contribution < 1.29 is 14.4 Å². The van der Waals surface area contributed by atoms with Gasteiger partial charge >= 0.3 is 0 Å². The van der Waals surface area contributed by atoms with Crippen LogP contribution in [0.1, 0.15) is 39.0 Å². The molecule has 1 aliphatic rings. The minimum atomic E-state index is -0.624. The van der Waals surface area contributed by atoms with Gasteiger partial charge in [-0.3, -0.25) is 14.5 Å². The highest BCUT2D eigenvalue weighted by Gasteiger charge is 2.23. The number of amides is 2. The van der Waals surface area contributed by atoms with E-state index in [0.29, 0.717) is 30.1 Å². The normalized spacial score (nSPS) is 16.1. The largest absolute Gasteiger partial charge is 0.343 e. The third-order valence-electron chi connectivity index (χ3n) is 5.23. The second-order valence-corrected chi connectivity index (χ2v) is 8.44. The zero-order valence-electron chi connectivity index (χ0n) is 18.0. The van der Waals surface area contributed by atoms with Gasteiger partial charge in [0.2, 0.25) is 11.8 Å². The predicted molar refractivity (Wildman–Crippen MR) is 120 cm³/mol. The zero-order valence-corrected chi connectivity index (χ0v) is 18.7. The predicted octanol–water partition coefficient (Wildman–Crippen LogP) is 2.55. The number of rotatable bonds is 11. The topological polar surface area (TPSA) is 81.8 Å². The molecule has 0 bridgehead atoms. The van der Waals surface area contributed by atoms with Crippen molar-refractivity contribution >= 4 is 34.9 Å². The van der Waals surface area contributed by atoms with Crippen LogP contribution in [-0.2, 0) is 14.4 Å². The number of anilines is 1. The molecule has 0 aliphatic carbocycles. The fraction of sp³-hybridized carbons (Fsp3) is 0.591. The van der Waals surface area contributed by atoms with E-state index in [1.54, 1.807) is 31.2 Å². The second-order valence-electron chi connectivity index (χ2n) is 8.00. The van der Waals surface area contributed by atoms with Crippen molar-refractivity contribution in [3.05, 3.63) is 29.3 Å². The first-order valence-corrected chi connectivity index (χ1v) is 11.0. The van der Waals surface area contributed by atoms with E-state index in [2.05, 4.69) is 27.5 Å². The number of unbranched alkanes of at least 4 members (excludes halogenated alkanes) is 2. The molecule has 1 aromatic carbocycles. The summed E-state index contributed by atoms with van der Waals surface area (Å²) < 4.78 is 0. The number of halogens is 1. The molecule has 0 radical (unpaired) electrons. The van der Waals surface area contributed by atoms with Crippen molar-refractivity contribution in [3.63, 3.8) is 0 Å². The highest BCUT2D eigenvalue weighted by Crippen LogP contribution is 2.16. The standard InChI is InChI=1S/C22H33ClN4O3/c1-17(28)7-4-3-5-10-20(22(30)24-19-9-6-8-18(23)15-19)25-21(29)16-27-13-11-26(2)12-14-27/h6,8-9,15,20H,3-5,7,10-14,16H2,1-2H3,(H,24,30)(H,25,29). The zero-order chi connectivity index (χ0) is 21.9. The van der Waals surface area contributed by atoms with Gasteiger partial charge in [0, 0.05) is 43.3 Å². The van der Waals surface area contributed by atoms with Crippen LogP contribution >= 0.6 is 11.6 Å². The molecular formula is C22H33ClN4O3. The Bertz CT molecular complexity index is 720. The summed E-state index contributed by atoms with van der Waals surface area (Å²) >= 11 is 6.00. The van der Waals surface area contributed by atoms with Gasteiger partial charge in [0.05, 0.1) is 6.54 Å². The SMILES string of the molecule is CC(=O)CCCCCC(NC(=O)CN1CCN(C)CC1)C(=O)Nc1cccc(Cl)c1. The van der Waals surface area contributed by atoms with E-state index < -0.39 is 6.04 Å². The summed E-state index contributed by atoms with van der Waals surface area (Å²) in [5, 5.41) is 6.28. The van der Waals surface area contributed by atoms with Gasteiger partial charge in [-0.1, -0.05) is 30.5 Å². The average molecular weight is 437 g/mol. The van der Waals surface area contributed by atoms with Gasteiger partial charge in [-0.15, -0.1) is 0 Å². The van der Waals surface area contributed by atoms with E-state index in [0.717, 1.165) is 45.4 Å². The molecule has 166 valence electrons. The number of benzene rings is 1. The highest BCUT2D eigenvalue weighted by molar-refractivity contribution is 6.30. The second kappa shape index (κ2) is 12.7. The van der Waals surface area contributed by atoms with Crippen molar-refractivity contribution in [1.82, 2.24) is 15.1 Å². The van der Waals surface area contributed by atoms with E-state index in [9.17, 15) is 14.4 Å². The molecule has 1 heterocycles. The van der Waals surface area contributed by atoms with E-state index >= 15 is 0 Å². The van der Waals surface area contributed by atoms with Gasteiger partial charge in [0.25, 0.3) is 0 Å². The first-order valence-electron chi connectivity index (χ1n) is 10.6. The van der Waals surface area contributed by atoms with Crippen LogP contribution in [0.4, 0.5) is 5.69 Å². The molecule has 1 aliphatic heterocycles. The Labute approximate surface area is 184 Å². The molecule has 1 atom stereocenters. The molecule has 1 unspecified atom stereocenters. The van der Waals surface area contributed by atoms with Crippen LogP contribution in [0, 0.1) is 0 Å². The Kier molecular flexibility index (Phi) is 10.3. The lowest BCUT2D eigenvalue weighted by molar-refractivity contribution is -0.127. The van der Waals surface area contributed by atoms with Crippen molar-refractivity contribution in [2.75, 3.05) is 45.1 Å². The maximum atomic E-state index is 12.8. The van der Waals surface area contributed by atoms with Crippen LogP contribution in [0.3, 0.4) is 0 Å². The minimum Gasteiger partial charge on any atom is -0.343 e. The smallest absolute Gasteiger partial charge is 0.246 e. The molecule has 30 heavy (non-hydrogen) atoms. The fourth-order valence-corrected chi connectivity index (χ4v) is 3.60. The number of Topliss-reactive ketones (excluding diaryl/α,β-unsaturated/α-hetero) is 1. The molecule has 0 aromatic heterocycles. The Morgan fingerprint density at radius 1 is 1.10 bits per heavy atom. The average Bonchev–Trinajstić information content (AvgIpc) is 2.68. The van der Waals surface area contributed by atoms with Gasteiger partial charge < -0.3 is 20.3 Å². The number of carbonyl (C=O) groups excluding carboxylic acids is 3. The minimum absolute atomic E-state index is 0.144. The maximum Gasteiger partial charge on any atom is 0.246 e. The number of hydrogen-bond acceptors (Lipinski definition) is 5. The molecule has 8 heteroatoms. The number of nitrogens with one attached hydrogen (secondary N) is 2. The van der Waals surface area contributed by atoms with E-state index in [1.165, 1.54) is 0 Å². The summed E-state index contributed by atoms with van der Waals surface area (Å²) in [6.45, 7) is 5.42. The molecular weight excluding hydrogens is 404 g/mol.